The first kappa shape index (κ1) is 24.7. The van der Waals surface area contributed by atoms with E-state index in [-0.39, 0.29) is 0 Å². The molecule has 5 rings (SSSR count). The average molecular weight is 521 g/mol. The summed E-state index contributed by atoms with van der Waals surface area (Å²) >= 11 is 12.6. The lowest BCUT2D eigenvalue weighted by Crippen LogP contribution is -2.46. The second-order valence-corrected chi connectivity index (χ2v) is 9.42. The Morgan fingerprint density at radius 1 is 0.583 bits per heavy atom. The standard InChI is InChI=1S/C30H26Cl2O4/c31-25-11-13-27(23(19-25)17-21-7-3-1-4-8-21)35-29-30(34-16-15-33-29)36-28-14-12-26(32)20-24(28)18-22-9-5-2-6-10-22/h1-14,19-20,29-30H,15-18H2. The van der Waals surface area contributed by atoms with Gasteiger partial charge in [-0.15, -0.1) is 0 Å². The molecule has 4 aromatic rings. The number of hydrogen-bond donors (Lipinski definition) is 0. The minimum Gasteiger partial charge on any atom is -0.458 e. The molecule has 1 saturated heterocycles. The summed E-state index contributed by atoms with van der Waals surface area (Å²) in [5.41, 5.74) is 4.23. The molecule has 2 unspecified atom stereocenters. The second-order valence-electron chi connectivity index (χ2n) is 8.54. The summed E-state index contributed by atoms with van der Waals surface area (Å²) in [4.78, 5) is 0. The molecule has 1 heterocycles. The molecule has 1 aliphatic heterocycles. The molecular formula is C30H26Cl2O4. The van der Waals surface area contributed by atoms with Crippen LogP contribution < -0.4 is 9.47 Å². The summed E-state index contributed by atoms with van der Waals surface area (Å²) in [7, 11) is 0. The molecule has 1 fully saturated rings. The fourth-order valence-corrected chi connectivity index (χ4v) is 4.54. The molecule has 0 spiro atoms. The van der Waals surface area contributed by atoms with Crippen molar-refractivity contribution in [1.29, 1.82) is 0 Å². The Labute approximate surface area is 221 Å². The topological polar surface area (TPSA) is 36.9 Å². The molecule has 4 aromatic carbocycles. The van der Waals surface area contributed by atoms with E-state index in [1.54, 1.807) is 0 Å². The van der Waals surface area contributed by atoms with Crippen molar-refractivity contribution in [1.82, 2.24) is 0 Å². The Hall–Kier alpha value is -3.02. The fourth-order valence-electron chi connectivity index (χ4n) is 4.15. The van der Waals surface area contributed by atoms with Crippen LogP contribution in [-0.4, -0.2) is 25.8 Å². The summed E-state index contributed by atoms with van der Waals surface area (Å²) in [6.07, 6.45) is -0.160. The van der Waals surface area contributed by atoms with Crippen LogP contribution in [0.2, 0.25) is 10.0 Å². The maximum absolute atomic E-state index is 6.32. The third kappa shape index (κ3) is 6.40. The van der Waals surface area contributed by atoms with Crippen LogP contribution >= 0.6 is 23.2 Å². The minimum atomic E-state index is -0.755. The van der Waals surface area contributed by atoms with Gasteiger partial charge in [-0.25, -0.2) is 0 Å². The Kier molecular flexibility index (Phi) is 8.09. The molecule has 0 aliphatic carbocycles. The number of ether oxygens (including phenoxy) is 4. The lowest BCUT2D eigenvalue weighted by Gasteiger charge is -2.32. The molecule has 0 bridgehead atoms. The summed E-state index contributed by atoms with van der Waals surface area (Å²) < 4.78 is 24.6. The van der Waals surface area contributed by atoms with Crippen LogP contribution in [0.15, 0.2) is 97.1 Å². The van der Waals surface area contributed by atoms with Gasteiger partial charge in [-0.05, 0) is 47.5 Å². The van der Waals surface area contributed by atoms with Crippen LogP contribution in [-0.2, 0) is 22.3 Å². The van der Waals surface area contributed by atoms with E-state index in [0.717, 1.165) is 22.3 Å². The summed E-state index contributed by atoms with van der Waals surface area (Å²) in [5, 5.41) is 1.29. The summed E-state index contributed by atoms with van der Waals surface area (Å²) in [6.45, 7) is 0.813. The lowest BCUT2D eigenvalue weighted by atomic mass is 10.0. The SMILES string of the molecule is Clc1ccc(OC2OCCOC2Oc2ccc(Cl)cc2Cc2ccccc2)c(Cc2ccccc2)c1. The molecule has 36 heavy (non-hydrogen) atoms. The van der Waals surface area contributed by atoms with Crippen LogP contribution in [0, 0.1) is 0 Å². The smallest absolute Gasteiger partial charge is 0.263 e. The Morgan fingerprint density at radius 3 is 1.42 bits per heavy atom. The molecule has 4 nitrogen and oxygen atoms in total. The quantitative estimate of drug-likeness (QED) is 0.243. The zero-order valence-corrected chi connectivity index (χ0v) is 21.1. The van der Waals surface area contributed by atoms with Crippen molar-refractivity contribution in [3.63, 3.8) is 0 Å². The molecule has 0 N–H and O–H groups in total. The number of halogens is 2. The van der Waals surface area contributed by atoms with Gasteiger partial charge in [0.1, 0.15) is 11.5 Å². The maximum Gasteiger partial charge on any atom is 0.263 e. The molecule has 0 saturated carbocycles. The van der Waals surface area contributed by atoms with E-state index >= 15 is 0 Å². The predicted molar refractivity (Wildman–Crippen MR) is 142 cm³/mol. The van der Waals surface area contributed by atoms with E-state index in [4.69, 9.17) is 42.1 Å². The zero-order valence-electron chi connectivity index (χ0n) is 19.6. The van der Waals surface area contributed by atoms with Crippen LogP contribution in [0.1, 0.15) is 22.3 Å². The van der Waals surface area contributed by atoms with Crippen molar-refractivity contribution in [2.45, 2.75) is 25.4 Å². The molecule has 1 aliphatic rings. The highest BCUT2D eigenvalue weighted by atomic mass is 35.5. The summed E-state index contributed by atoms with van der Waals surface area (Å²) in [6, 6.07) is 31.5. The van der Waals surface area contributed by atoms with Gasteiger partial charge in [0.2, 0.25) is 0 Å². The maximum atomic E-state index is 6.32. The van der Waals surface area contributed by atoms with Crippen molar-refractivity contribution in [3.8, 4) is 11.5 Å². The van der Waals surface area contributed by atoms with Crippen LogP contribution in [0.4, 0.5) is 0 Å². The molecule has 2 atom stereocenters. The fraction of sp³-hybridized carbons (Fsp3) is 0.200. The molecule has 0 radical (unpaired) electrons. The van der Waals surface area contributed by atoms with Gasteiger partial charge >= 0.3 is 0 Å². The normalized spacial score (nSPS) is 17.5. The van der Waals surface area contributed by atoms with Gasteiger partial charge in [-0.2, -0.15) is 0 Å². The van der Waals surface area contributed by atoms with Gasteiger partial charge in [0.25, 0.3) is 12.6 Å². The van der Waals surface area contributed by atoms with Gasteiger partial charge in [0, 0.05) is 34.0 Å². The largest absolute Gasteiger partial charge is 0.458 e. The van der Waals surface area contributed by atoms with Crippen molar-refractivity contribution >= 4 is 23.2 Å². The van der Waals surface area contributed by atoms with Gasteiger partial charge in [0.15, 0.2) is 0 Å². The van der Waals surface area contributed by atoms with E-state index in [2.05, 4.69) is 24.3 Å². The first-order chi connectivity index (χ1) is 17.6. The highest BCUT2D eigenvalue weighted by molar-refractivity contribution is 6.31. The van der Waals surface area contributed by atoms with E-state index in [1.807, 2.05) is 72.8 Å². The average Bonchev–Trinajstić information content (AvgIpc) is 2.89. The number of rotatable bonds is 8. The van der Waals surface area contributed by atoms with Gasteiger partial charge in [-0.3, -0.25) is 0 Å². The zero-order chi connectivity index (χ0) is 24.7. The highest BCUT2D eigenvalue weighted by Gasteiger charge is 2.32. The predicted octanol–water partition coefficient (Wildman–Crippen LogP) is 7.33. The summed E-state index contributed by atoms with van der Waals surface area (Å²) in [5.74, 6) is 1.35. The van der Waals surface area contributed by atoms with E-state index in [0.29, 0.717) is 47.6 Å². The van der Waals surface area contributed by atoms with Crippen molar-refractivity contribution in [2.75, 3.05) is 13.2 Å². The monoisotopic (exact) mass is 520 g/mol. The second kappa shape index (κ2) is 11.8. The Balaban J connectivity index is 1.36. The first-order valence-electron chi connectivity index (χ1n) is 11.9. The molecule has 0 amide bonds. The van der Waals surface area contributed by atoms with Crippen LogP contribution in [0.25, 0.3) is 0 Å². The van der Waals surface area contributed by atoms with Gasteiger partial charge in [0.05, 0.1) is 13.2 Å². The highest BCUT2D eigenvalue weighted by Crippen LogP contribution is 2.31. The van der Waals surface area contributed by atoms with Crippen molar-refractivity contribution in [3.05, 3.63) is 129 Å². The Bertz CT molecular complexity index is 1180. The van der Waals surface area contributed by atoms with Crippen molar-refractivity contribution < 1.29 is 18.9 Å². The van der Waals surface area contributed by atoms with Crippen molar-refractivity contribution in [2.24, 2.45) is 0 Å². The molecule has 0 aromatic heterocycles. The van der Waals surface area contributed by atoms with E-state index in [1.165, 1.54) is 0 Å². The van der Waals surface area contributed by atoms with Gasteiger partial charge < -0.3 is 18.9 Å². The minimum absolute atomic E-state index is 0.406. The van der Waals surface area contributed by atoms with E-state index < -0.39 is 12.6 Å². The van der Waals surface area contributed by atoms with E-state index in [9.17, 15) is 0 Å². The van der Waals surface area contributed by atoms with Crippen LogP contribution in [0.3, 0.4) is 0 Å². The molecular weight excluding hydrogens is 495 g/mol. The lowest BCUT2D eigenvalue weighted by molar-refractivity contribution is -0.271. The Morgan fingerprint density at radius 2 is 1.00 bits per heavy atom. The molecule has 184 valence electrons. The third-order valence-corrected chi connectivity index (χ3v) is 6.35. The van der Waals surface area contributed by atoms with Gasteiger partial charge in [-0.1, -0.05) is 83.9 Å². The number of hydrogen-bond acceptors (Lipinski definition) is 4. The first-order valence-corrected chi connectivity index (χ1v) is 12.6. The number of benzene rings is 4. The third-order valence-electron chi connectivity index (χ3n) is 5.88. The van der Waals surface area contributed by atoms with Crippen LogP contribution in [0.5, 0.6) is 11.5 Å². The molecule has 6 heteroatoms.